The van der Waals surface area contributed by atoms with E-state index < -0.39 is 6.10 Å². The van der Waals surface area contributed by atoms with Crippen LogP contribution in [-0.4, -0.2) is 23.1 Å². The number of hydrogen-bond donors (Lipinski definition) is 1. The molecule has 0 fully saturated rings. The van der Waals surface area contributed by atoms with Crippen molar-refractivity contribution in [3.8, 4) is 0 Å². The van der Waals surface area contributed by atoms with E-state index in [-0.39, 0.29) is 5.92 Å². The van der Waals surface area contributed by atoms with Gasteiger partial charge in [-0.3, -0.25) is 4.90 Å². The van der Waals surface area contributed by atoms with Crippen LogP contribution in [0.15, 0.2) is 54.6 Å². The van der Waals surface area contributed by atoms with Crippen molar-refractivity contribution in [1.82, 2.24) is 4.90 Å². The van der Waals surface area contributed by atoms with Gasteiger partial charge in [-0.15, -0.1) is 0 Å². The predicted octanol–water partition coefficient (Wildman–Crippen LogP) is 4.51. The number of aliphatic hydroxyl groups is 1. The summed E-state index contributed by atoms with van der Waals surface area (Å²) >= 11 is 0. The van der Waals surface area contributed by atoms with E-state index in [9.17, 15) is 5.11 Å². The number of fused-ring (bicyclic) bond motifs is 1. The van der Waals surface area contributed by atoms with E-state index in [1.807, 2.05) is 30.3 Å². The highest BCUT2D eigenvalue weighted by molar-refractivity contribution is 5.34. The molecule has 0 amide bonds. The Hall–Kier alpha value is -1.64. The maximum atomic E-state index is 11.0. The Morgan fingerprint density at radius 3 is 2.61 bits per heavy atom. The van der Waals surface area contributed by atoms with Gasteiger partial charge in [-0.05, 0) is 42.6 Å². The van der Waals surface area contributed by atoms with Crippen LogP contribution in [-0.2, 0) is 6.54 Å². The molecule has 0 spiro atoms. The van der Waals surface area contributed by atoms with Crippen LogP contribution in [0.1, 0.15) is 54.9 Å². The molecule has 0 aromatic heterocycles. The minimum atomic E-state index is -0.427. The largest absolute Gasteiger partial charge is 0.388 e. The van der Waals surface area contributed by atoms with Crippen LogP contribution < -0.4 is 0 Å². The number of hydrogen-bond acceptors (Lipinski definition) is 2. The fourth-order valence-electron chi connectivity index (χ4n) is 3.62. The van der Waals surface area contributed by atoms with Crippen molar-refractivity contribution in [2.45, 2.75) is 44.8 Å². The summed E-state index contributed by atoms with van der Waals surface area (Å²) in [5.41, 5.74) is 3.72. The van der Waals surface area contributed by atoms with E-state index in [1.54, 1.807) is 0 Å². The minimum Gasteiger partial charge on any atom is -0.388 e. The topological polar surface area (TPSA) is 23.5 Å². The van der Waals surface area contributed by atoms with Gasteiger partial charge < -0.3 is 5.11 Å². The Morgan fingerprint density at radius 2 is 1.83 bits per heavy atom. The smallest absolute Gasteiger partial charge is 0.0859 e. The Balaban J connectivity index is 1.86. The Bertz CT molecular complexity index is 610. The lowest BCUT2D eigenvalue weighted by Crippen LogP contribution is -2.24. The molecule has 2 heteroatoms. The second kappa shape index (κ2) is 7.76. The molecule has 0 radical (unpaired) electrons. The molecular formula is C21H27NO. The molecule has 2 aromatic rings. The Morgan fingerprint density at radius 1 is 1.09 bits per heavy atom. The van der Waals surface area contributed by atoms with Gasteiger partial charge in [0, 0.05) is 12.5 Å². The van der Waals surface area contributed by atoms with Crippen LogP contribution in [0.4, 0.5) is 0 Å². The highest BCUT2D eigenvalue weighted by Crippen LogP contribution is 2.37. The molecule has 0 aliphatic carbocycles. The third-order valence-corrected chi connectivity index (χ3v) is 4.95. The molecule has 0 saturated heterocycles. The van der Waals surface area contributed by atoms with Crippen molar-refractivity contribution < 1.29 is 5.11 Å². The first-order valence-electron chi connectivity index (χ1n) is 8.82. The monoisotopic (exact) mass is 309 g/mol. The lowest BCUT2D eigenvalue weighted by Gasteiger charge is -2.24. The van der Waals surface area contributed by atoms with E-state index in [1.165, 1.54) is 24.0 Å². The number of benzene rings is 2. The molecule has 23 heavy (non-hydrogen) atoms. The first-order valence-corrected chi connectivity index (χ1v) is 8.82. The molecule has 1 N–H and O–H groups in total. The van der Waals surface area contributed by atoms with Crippen molar-refractivity contribution in [1.29, 1.82) is 0 Å². The van der Waals surface area contributed by atoms with E-state index in [0.29, 0.717) is 0 Å². The quantitative estimate of drug-likeness (QED) is 0.878. The fourth-order valence-corrected chi connectivity index (χ4v) is 3.62. The van der Waals surface area contributed by atoms with Gasteiger partial charge in [0.2, 0.25) is 0 Å². The van der Waals surface area contributed by atoms with E-state index in [0.717, 1.165) is 31.6 Å². The molecule has 1 heterocycles. The van der Waals surface area contributed by atoms with Crippen LogP contribution in [0.25, 0.3) is 0 Å². The third kappa shape index (κ3) is 3.82. The zero-order valence-corrected chi connectivity index (χ0v) is 14.0. The standard InChI is InChI=1S/C21H27NO/c1-2-3-14-22-15-13-20(19-12-8-7-11-18(19)16-22)21(23)17-9-5-4-6-10-17/h4-12,20-21,23H,2-3,13-16H2,1H3/t20-,21+/m0/s1. The molecule has 1 aliphatic heterocycles. The van der Waals surface area contributed by atoms with E-state index in [4.69, 9.17) is 0 Å². The van der Waals surface area contributed by atoms with Crippen molar-refractivity contribution in [3.63, 3.8) is 0 Å². The maximum Gasteiger partial charge on any atom is 0.0859 e. The molecule has 0 bridgehead atoms. The first-order chi connectivity index (χ1) is 11.3. The van der Waals surface area contributed by atoms with Gasteiger partial charge in [-0.1, -0.05) is 67.9 Å². The zero-order valence-electron chi connectivity index (χ0n) is 14.0. The molecule has 0 unspecified atom stereocenters. The minimum absolute atomic E-state index is 0.181. The summed E-state index contributed by atoms with van der Waals surface area (Å²) in [7, 11) is 0. The van der Waals surface area contributed by atoms with E-state index in [2.05, 4.69) is 36.1 Å². The van der Waals surface area contributed by atoms with E-state index >= 15 is 0 Å². The van der Waals surface area contributed by atoms with Gasteiger partial charge in [0.15, 0.2) is 0 Å². The summed E-state index contributed by atoms with van der Waals surface area (Å²) in [6.07, 6.45) is 3.06. The lowest BCUT2D eigenvalue weighted by molar-refractivity contribution is 0.135. The van der Waals surface area contributed by atoms with Crippen LogP contribution in [0.5, 0.6) is 0 Å². The summed E-state index contributed by atoms with van der Waals surface area (Å²) in [6, 6.07) is 18.7. The number of aliphatic hydroxyl groups excluding tert-OH is 1. The van der Waals surface area contributed by atoms with Gasteiger partial charge in [-0.25, -0.2) is 0 Å². The average molecular weight is 309 g/mol. The molecular weight excluding hydrogens is 282 g/mol. The van der Waals surface area contributed by atoms with Crippen molar-refractivity contribution in [2.75, 3.05) is 13.1 Å². The number of unbranched alkanes of at least 4 members (excludes halogenated alkanes) is 1. The second-order valence-electron chi connectivity index (χ2n) is 6.58. The van der Waals surface area contributed by atoms with Crippen LogP contribution in [0.2, 0.25) is 0 Å². The van der Waals surface area contributed by atoms with Crippen LogP contribution in [0, 0.1) is 0 Å². The predicted molar refractivity (Wildman–Crippen MR) is 95.4 cm³/mol. The normalized spacial score (nSPS) is 19.8. The van der Waals surface area contributed by atoms with Crippen molar-refractivity contribution in [3.05, 3.63) is 71.3 Å². The van der Waals surface area contributed by atoms with Crippen LogP contribution in [0.3, 0.4) is 0 Å². The molecule has 2 atom stereocenters. The van der Waals surface area contributed by atoms with Gasteiger partial charge in [-0.2, -0.15) is 0 Å². The fraction of sp³-hybridized carbons (Fsp3) is 0.429. The summed E-state index contributed by atoms with van der Waals surface area (Å²) in [5.74, 6) is 0.181. The highest BCUT2D eigenvalue weighted by atomic mass is 16.3. The maximum absolute atomic E-state index is 11.0. The highest BCUT2D eigenvalue weighted by Gasteiger charge is 2.28. The zero-order chi connectivity index (χ0) is 16.1. The molecule has 1 aliphatic rings. The Kier molecular flexibility index (Phi) is 5.47. The lowest BCUT2D eigenvalue weighted by atomic mass is 9.85. The van der Waals surface area contributed by atoms with Crippen molar-refractivity contribution in [2.24, 2.45) is 0 Å². The van der Waals surface area contributed by atoms with Gasteiger partial charge in [0.1, 0.15) is 0 Å². The second-order valence-corrected chi connectivity index (χ2v) is 6.58. The summed E-state index contributed by atoms with van der Waals surface area (Å²) in [4.78, 5) is 2.54. The molecule has 2 aromatic carbocycles. The Labute approximate surface area is 139 Å². The summed E-state index contributed by atoms with van der Waals surface area (Å²) < 4.78 is 0. The van der Waals surface area contributed by atoms with Crippen molar-refractivity contribution >= 4 is 0 Å². The van der Waals surface area contributed by atoms with Gasteiger partial charge >= 0.3 is 0 Å². The number of rotatable bonds is 5. The first kappa shape index (κ1) is 16.2. The van der Waals surface area contributed by atoms with Gasteiger partial charge in [0.25, 0.3) is 0 Å². The molecule has 3 rings (SSSR count). The molecule has 0 saturated carbocycles. The molecule has 122 valence electrons. The average Bonchev–Trinajstić information content (AvgIpc) is 2.79. The van der Waals surface area contributed by atoms with Crippen LogP contribution >= 0.6 is 0 Å². The summed E-state index contributed by atoms with van der Waals surface area (Å²) in [6.45, 7) is 5.46. The van der Waals surface area contributed by atoms with Gasteiger partial charge in [0.05, 0.1) is 6.10 Å². The molecule has 2 nitrogen and oxygen atoms in total. The summed E-state index contributed by atoms with van der Waals surface area (Å²) in [5, 5.41) is 11.0. The number of nitrogens with zero attached hydrogens (tertiary/aromatic N) is 1. The third-order valence-electron chi connectivity index (χ3n) is 4.95. The SMILES string of the molecule is CCCCN1CC[C@H]([C@H](O)c2ccccc2)c2ccccc2C1.